The molecule has 0 saturated heterocycles. The number of carbonyl (C=O) groups is 1. The van der Waals surface area contributed by atoms with E-state index in [-0.39, 0.29) is 0 Å². The fourth-order valence-corrected chi connectivity index (χ4v) is 0.812. The summed E-state index contributed by atoms with van der Waals surface area (Å²) in [6.07, 6.45) is -0.682. The number of oxime groups is 1. The molecule has 0 spiro atoms. The van der Waals surface area contributed by atoms with Crippen molar-refractivity contribution in [2.24, 2.45) is 5.16 Å². The number of aliphatic hydroxyl groups excluding tert-OH is 1. The van der Waals surface area contributed by atoms with Crippen molar-refractivity contribution in [3.8, 4) is 0 Å². The molecule has 0 bridgehead atoms. The minimum Gasteiger partial charge on any atom is -0.477 e. The van der Waals surface area contributed by atoms with Gasteiger partial charge in [-0.15, -0.1) is 0 Å². The molecule has 1 aromatic carbocycles. The van der Waals surface area contributed by atoms with E-state index < -0.39 is 12.3 Å². The molecule has 1 aromatic rings. The number of hydrogen-bond donors (Lipinski definition) is 2. The first-order valence-corrected chi connectivity index (χ1v) is 3.85. The van der Waals surface area contributed by atoms with Gasteiger partial charge in [0.15, 0.2) is 6.21 Å². The Kier molecular flexibility index (Phi) is 3.63. The summed E-state index contributed by atoms with van der Waals surface area (Å²) >= 11 is 0. The van der Waals surface area contributed by atoms with E-state index in [0.717, 1.165) is 0 Å². The molecule has 5 heteroatoms. The lowest BCUT2D eigenvalue weighted by molar-refractivity contribution is -0.129. The lowest BCUT2D eigenvalue weighted by Crippen LogP contribution is -2.01. The number of aliphatic carboxylic acids is 1. The second-order valence-electron chi connectivity index (χ2n) is 2.44. The Labute approximate surface area is 80.2 Å². The van der Waals surface area contributed by atoms with Crippen molar-refractivity contribution in [2.45, 2.75) is 6.29 Å². The lowest BCUT2D eigenvalue weighted by Gasteiger charge is -2.06. The average Bonchev–Trinajstić information content (AvgIpc) is 2.18. The van der Waals surface area contributed by atoms with Crippen molar-refractivity contribution in [3.05, 3.63) is 35.9 Å². The number of rotatable bonds is 4. The molecule has 14 heavy (non-hydrogen) atoms. The molecule has 0 radical (unpaired) electrons. The maximum Gasteiger partial charge on any atom is 0.350 e. The van der Waals surface area contributed by atoms with Crippen LogP contribution in [0.15, 0.2) is 35.5 Å². The lowest BCUT2D eigenvalue weighted by atomic mass is 10.2. The maximum absolute atomic E-state index is 10.0. The smallest absolute Gasteiger partial charge is 0.350 e. The first-order chi connectivity index (χ1) is 6.70. The first-order valence-electron chi connectivity index (χ1n) is 3.85. The zero-order valence-electron chi connectivity index (χ0n) is 7.20. The summed E-state index contributed by atoms with van der Waals surface area (Å²) in [5.74, 6) is -1.23. The largest absolute Gasteiger partial charge is 0.477 e. The Hall–Kier alpha value is -1.88. The molecule has 0 aliphatic heterocycles. The summed E-state index contributed by atoms with van der Waals surface area (Å²) in [6.45, 7) is 0. The molecular weight excluding hydrogens is 186 g/mol. The van der Waals surface area contributed by atoms with Gasteiger partial charge in [0.2, 0.25) is 0 Å². The number of benzene rings is 1. The summed E-state index contributed by atoms with van der Waals surface area (Å²) in [5, 5.41) is 20.6. The van der Waals surface area contributed by atoms with Crippen LogP contribution in [0.4, 0.5) is 0 Å². The normalized spacial score (nSPS) is 12.6. The Morgan fingerprint density at radius 1 is 1.43 bits per heavy atom. The van der Waals surface area contributed by atoms with E-state index in [1.54, 1.807) is 30.3 Å². The third-order valence-corrected chi connectivity index (χ3v) is 1.41. The summed E-state index contributed by atoms with van der Waals surface area (Å²) in [5.41, 5.74) is 0.509. The SMILES string of the molecule is O=C(O)C=NOC(O)c1ccccc1. The molecule has 0 heterocycles. The maximum atomic E-state index is 10.0. The minimum absolute atomic E-state index is 0.509. The van der Waals surface area contributed by atoms with Gasteiger partial charge in [-0.25, -0.2) is 4.79 Å². The number of carboxylic acid groups (broad SMARTS) is 1. The summed E-state index contributed by atoms with van der Waals surface area (Å²) in [4.78, 5) is 14.5. The molecule has 0 fully saturated rings. The number of aliphatic hydroxyl groups is 1. The van der Waals surface area contributed by atoms with Crippen LogP contribution in [-0.4, -0.2) is 22.4 Å². The highest BCUT2D eigenvalue weighted by molar-refractivity contribution is 6.21. The zero-order chi connectivity index (χ0) is 10.4. The van der Waals surface area contributed by atoms with Crippen molar-refractivity contribution in [2.75, 3.05) is 0 Å². The Morgan fingerprint density at radius 2 is 2.07 bits per heavy atom. The first kappa shape index (κ1) is 10.2. The van der Waals surface area contributed by atoms with Gasteiger partial charge in [-0.1, -0.05) is 35.5 Å². The third kappa shape index (κ3) is 3.24. The van der Waals surface area contributed by atoms with Crippen molar-refractivity contribution in [1.29, 1.82) is 0 Å². The van der Waals surface area contributed by atoms with E-state index in [0.29, 0.717) is 11.8 Å². The third-order valence-electron chi connectivity index (χ3n) is 1.41. The second-order valence-corrected chi connectivity index (χ2v) is 2.44. The van der Waals surface area contributed by atoms with Crippen LogP contribution in [0.5, 0.6) is 0 Å². The minimum atomic E-state index is -1.24. The molecule has 5 nitrogen and oxygen atoms in total. The van der Waals surface area contributed by atoms with Gasteiger partial charge in [-0.05, 0) is 0 Å². The van der Waals surface area contributed by atoms with Crippen LogP contribution in [0.25, 0.3) is 0 Å². The quantitative estimate of drug-likeness (QED) is 0.422. The highest BCUT2D eigenvalue weighted by atomic mass is 16.7. The van der Waals surface area contributed by atoms with Crippen molar-refractivity contribution < 1.29 is 19.8 Å². The number of nitrogens with zero attached hydrogens (tertiary/aromatic N) is 1. The summed E-state index contributed by atoms with van der Waals surface area (Å²) < 4.78 is 0. The van der Waals surface area contributed by atoms with Crippen LogP contribution < -0.4 is 0 Å². The van der Waals surface area contributed by atoms with Crippen molar-refractivity contribution in [1.82, 2.24) is 0 Å². The summed E-state index contributed by atoms with van der Waals surface area (Å²) in [6, 6.07) is 8.52. The molecular formula is C9H9NO4. The fraction of sp³-hybridized carbons (Fsp3) is 0.111. The highest BCUT2D eigenvalue weighted by Crippen LogP contribution is 2.12. The number of carboxylic acids is 1. The Morgan fingerprint density at radius 3 is 2.64 bits per heavy atom. The monoisotopic (exact) mass is 195 g/mol. The topological polar surface area (TPSA) is 79.1 Å². The number of hydrogen-bond acceptors (Lipinski definition) is 4. The van der Waals surface area contributed by atoms with Crippen LogP contribution in [0.3, 0.4) is 0 Å². The molecule has 0 amide bonds. The van der Waals surface area contributed by atoms with E-state index in [4.69, 9.17) is 5.11 Å². The van der Waals surface area contributed by atoms with Gasteiger partial charge in [-0.3, -0.25) is 0 Å². The van der Waals surface area contributed by atoms with Gasteiger partial charge in [-0.2, -0.15) is 0 Å². The van der Waals surface area contributed by atoms with Gasteiger partial charge in [0.25, 0.3) is 6.29 Å². The zero-order valence-corrected chi connectivity index (χ0v) is 7.20. The standard InChI is InChI=1S/C9H9NO4/c11-8(12)6-10-14-9(13)7-4-2-1-3-5-7/h1-6,9,13H,(H,11,12). The average molecular weight is 195 g/mol. The van der Waals surface area contributed by atoms with Gasteiger partial charge in [0.05, 0.1) is 0 Å². The molecule has 74 valence electrons. The highest BCUT2D eigenvalue weighted by Gasteiger charge is 2.05. The molecule has 2 N–H and O–H groups in total. The Balaban J connectivity index is 2.51. The van der Waals surface area contributed by atoms with E-state index in [1.807, 2.05) is 0 Å². The van der Waals surface area contributed by atoms with Gasteiger partial charge >= 0.3 is 5.97 Å². The second kappa shape index (κ2) is 4.98. The van der Waals surface area contributed by atoms with Crippen LogP contribution in [-0.2, 0) is 9.63 Å². The Bertz CT molecular complexity index is 323. The van der Waals surface area contributed by atoms with Crippen LogP contribution in [0.1, 0.15) is 11.9 Å². The molecule has 1 unspecified atom stereocenters. The van der Waals surface area contributed by atoms with E-state index in [2.05, 4.69) is 9.99 Å². The molecule has 1 atom stereocenters. The van der Waals surface area contributed by atoms with E-state index in [1.165, 1.54) is 0 Å². The molecule has 0 saturated carbocycles. The van der Waals surface area contributed by atoms with E-state index in [9.17, 15) is 9.90 Å². The van der Waals surface area contributed by atoms with Crippen LogP contribution >= 0.6 is 0 Å². The van der Waals surface area contributed by atoms with Crippen LogP contribution in [0.2, 0.25) is 0 Å². The predicted octanol–water partition coefficient (Wildman–Crippen LogP) is 0.764. The molecule has 1 rings (SSSR count). The molecule has 0 aromatic heterocycles. The van der Waals surface area contributed by atoms with Gasteiger partial charge in [0.1, 0.15) is 0 Å². The summed E-state index contributed by atoms with van der Waals surface area (Å²) in [7, 11) is 0. The van der Waals surface area contributed by atoms with Crippen molar-refractivity contribution >= 4 is 12.2 Å². The van der Waals surface area contributed by atoms with Gasteiger partial charge in [0, 0.05) is 5.56 Å². The molecule has 0 aliphatic carbocycles. The van der Waals surface area contributed by atoms with Crippen molar-refractivity contribution in [3.63, 3.8) is 0 Å². The van der Waals surface area contributed by atoms with E-state index >= 15 is 0 Å². The van der Waals surface area contributed by atoms with Gasteiger partial charge < -0.3 is 15.1 Å². The van der Waals surface area contributed by atoms with Crippen LogP contribution in [0, 0.1) is 0 Å². The molecule has 0 aliphatic rings. The fourth-order valence-electron chi connectivity index (χ4n) is 0.812. The predicted molar refractivity (Wildman–Crippen MR) is 48.6 cm³/mol.